The molecule has 0 spiro atoms. The van der Waals surface area contributed by atoms with Crippen molar-refractivity contribution in [2.45, 2.75) is 12.5 Å². The van der Waals surface area contributed by atoms with E-state index in [2.05, 4.69) is 10.1 Å². The van der Waals surface area contributed by atoms with E-state index < -0.39 is 0 Å². The first kappa shape index (κ1) is 18.9. The molecule has 2 heterocycles. The number of nitrogens with one attached hydrogen (secondary N) is 1. The molecule has 1 aliphatic rings. The van der Waals surface area contributed by atoms with Crippen molar-refractivity contribution in [2.75, 3.05) is 0 Å². The van der Waals surface area contributed by atoms with E-state index in [1.54, 1.807) is 6.07 Å². The molecule has 0 saturated heterocycles. The average Bonchev–Trinajstić information content (AvgIpc) is 3.23. The number of H-pyrrole nitrogens is 1. The van der Waals surface area contributed by atoms with E-state index in [-0.39, 0.29) is 11.7 Å². The van der Waals surface area contributed by atoms with Crippen LogP contribution < -0.4 is 5.56 Å². The van der Waals surface area contributed by atoms with E-state index in [0.29, 0.717) is 33.3 Å². The Hall–Kier alpha value is -3.08. The van der Waals surface area contributed by atoms with Crippen LogP contribution in [0.3, 0.4) is 0 Å². The lowest BCUT2D eigenvalue weighted by atomic mass is 9.91. The number of rotatable bonds is 3. The van der Waals surface area contributed by atoms with Gasteiger partial charge in [-0.1, -0.05) is 76.9 Å². The summed E-state index contributed by atoms with van der Waals surface area (Å²) in [7, 11) is 0. The number of benzene rings is 3. The quantitative estimate of drug-likeness (QED) is 0.407. The maximum absolute atomic E-state index is 13.2. The van der Waals surface area contributed by atoms with E-state index in [0.717, 1.165) is 22.1 Å². The first-order valence-corrected chi connectivity index (χ1v) is 10.3. The van der Waals surface area contributed by atoms with Gasteiger partial charge in [0.1, 0.15) is 0 Å². The zero-order valence-electron chi connectivity index (χ0n) is 15.7. The Kier molecular flexibility index (Phi) is 4.81. The van der Waals surface area contributed by atoms with E-state index in [1.165, 1.54) is 0 Å². The van der Waals surface area contributed by atoms with E-state index in [9.17, 15) is 4.79 Å². The Bertz CT molecular complexity index is 1350. The SMILES string of the molecule is O=c1[nH]c2ccc(Cl)cc2c(-c2ccccc2)c1C1=NO[C@@H](c2ccccc2Cl)C1. The molecule has 5 rings (SSSR count). The second-order valence-electron chi connectivity index (χ2n) is 7.12. The average molecular weight is 435 g/mol. The molecule has 0 bridgehead atoms. The lowest BCUT2D eigenvalue weighted by Gasteiger charge is -2.13. The molecule has 0 radical (unpaired) electrons. The summed E-state index contributed by atoms with van der Waals surface area (Å²) < 4.78 is 0. The Morgan fingerprint density at radius 3 is 2.50 bits per heavy atom. The highest BCUT2D eigenvalue weighted by atomic mass is 35.5. The molecular weight excluding hydrogens is 419 g/mol. The Morgan fingerprint density at radius 1 is 0.933 bits per heavy atom. The first-order chi connectivity index (χ1) is 14.6. The molecule has 30 heavy (non-hydrogen) atoms. The van der Waals surface area contributed by atoms with Gasteiger partial charge in [-0.25, -0.2) is 0 Å². The minimum absolute atomic E-state index is 0.217. The highest BCUT2D eigenvalue weighted by Gasteiger charge is 2.29. The molecule has 4 aromatic rings. The standard InChI is InChI=1S/C24H16Cl2N2O2/c25-15-10-11-19-17(12-15)22(14-6-2-1-3-7-14)23(24(29)27-19)20-13-21(30-28-20)16-8-4-5-9-18(16)26/h1-12,21H,13H2,(H,27,29)/t21-/m1/s1. The maximum Gasteiger partial charge on any atom is 0.258 e. The predicted molar refractivity (Wildman–Crippen MR) is 121 cm³/mol. The van der Waals surface area contributed by atoms with Gasteiger partial charge in [0.25, 0.3) is 5.56 Å². The second-order valence-corrected chi connectivity index (χ2v) is 7.96. The van der Waals surface area contributed by atoms with Crippen LogP contribution in [-0.2, 0) is 4.84 Å². The van der Waals surface area contributed by atoms with Crippen LogP contribution >= 0.6 is 23.2 Å². The summed E-state index contributed by atoms with van der Waals surface area (Å²) in [4.78, 5) is 21.8. The fourth-order valence-electron chi connectivity index (χ4n) is 3.87. The molecule has 1 atom stereocenters. The van der Waals surface area contributed by atoms with Crippen LogP contribution in [0.2, 0.25) is 10.0 Å². The van der Waals surface area contributed by atoms with Gasteiger partial charge in [0.05, 0.1) is 11.3 Å². The summed E-state index contributed by atoms with van der Waals surface area (Å²) in [6.45, 7) is 0. The molecule has 148 valence electrons. The molecule has 0 amide bonds. The van der Waals surface area contributed by atoms with Crippen LogP contribution in [-0.4, -0.2) is 10.7 Å². The normalized spacial score (nSPS) is 15.8. The zero-order valence-corrected chi connectivity index (χ0v) is 17.2. The van der Waals surface area contributed by atoms with Crippen LogP contribution in [0.5, 0.6) is 0 Å². The van der Waals surface area contributed by atoms with Crippen molar-refractivity contribution in [3.05, 3.63) is 104 Å². The topological polar surface area (TPSA) is 54.5 Å². The number of nitrogens with zero attached hydrogens (tertiary/aromatic N) is 1. The second kappa shape index (κ2) is 7.63. The maximum atomic E-state index is 13.2. The Labute approximate surface area is 182 Å². The third-order valence-electron chi connectivity index (χ3n) is 5.25. The summed E-state index contributed by atoms with van der Waals surface area (Å²) in [6.07, 6.45) is 0.102. The number of hydrogen-bond acceptors (Lipinski definition) is 3. The van der Waals surface area contributed by atoms with E-state index in [4.69, 9.17) is 28.0 Å². The van der Waals surface area contributed by atoms with Gasteiger partial charge >= 0.3 is 0 Å². The molecule has 0 aliphatic carbocycles. The summed E-state index contributed by atoms with van der Waals surface area (Å²) in [5.41, 5.74) is 4.13. The van der Waals surface area contributed by atoms with E-state index in [1.807, 2.05) is 66.7 Å². The van der Waals surface area contributed by atoms with Crippen molar-refractivity contribution in [3.8, 4) is 11.1 Å². The van der Waals surface area contributed by atoms with Crippen LogP contribution in [0, 0.1) is 0 Å². The molecule has 4 nitrogen and oxygen atoms in total. The lowest BCUT2D eigenvalue weighted by molar-refractivity contribution is 0.0858. The molecule has 6 heteroatoms. The first-order valence-electron chi connectivity index (χ1n) is 9.50. The van der Waals surface area contributed by atoms with Crippen molar-refractivity contribution >= 4 is 39.8 Å². The molecule has 0 saturated carbocycles. The molecule has 1 N–H and O–H groups in total. The molecule has 0 fully saturated rings. The zero-order chi connectivity index (χ0) is 20.7. The lowest BCUT2D eigenvalue weighted by Crippen LogP contribution is -2.20. The van der Waals surface area contributed by atoms with Crippen molar-refractivity contribution in [2.24, 2.45) is 5.16 Å². The molecule has 1 aromatic heterocycles. The van der Waals surface area contributed by atoms with Crippen LogP contribution in [0.1, 0.15) is 23.7 Å². The minimum atomic E-state index is -0.341. The van der Waals surface area contributed by atoms with Crippen molar-refractivity contribution in [1.29, 1.82) is 0 Å². The fraction of sp³-hybridized carbons (Fsp3) is 0.0833. The fourth-order valence-corrected chi connectivity index (χ4v) is 4.30. The Balaban J connectivity index is 1.69. The number of fused-ring (bicyclic) bond motifs is 1. The van der Waals surface area contributed by atoms with Gasteiger partial charge in [-0.3, -0.25) is 4.79 Å². The Morgan fingerprint density at radius 2 is 1.70 bits per heavy atom. The number of hydrogen-bond donors (Lipinski definition) is 1. The van der Waals surface area contributed by atoms with Gasteiger partial charge in [0, 0.05) is 38.5 Å². The van der Waals surface area contributed by atoms with Gasteiger partial charge in [0.15, 0.2) is 6.10 Å². The third-order valence-corrected chi connectivity index (χ3v) is 5.83. The number of halogens is 2. The van der Waals surface area contributed by atoms with Gasteiger partial charge in [-0.05, 0) is 29.8 Å². The van der Waals surface area contributed by atoms with Crippen LogP contribution in [0.25, 0.3) is 22.0 Å². The van der Waals surface area contributed by atoms with Gasteiger partial charge in [-0.15, -0.1) is 0 Å². The van der Waals surface area contributed by atoms with Gasteiger partial charge < -0.3 is 9.82 Å². The molecule has 1 aliphatic heterocycles. The summed E-state index contributed by atoms with van der Waals surface area (Å²) in [5, 5.41) is 6.35. The highest BCUT2D eigenvalue weighted by Crippen LogP contribution is 2.37. The van der Waals surface area contributed by atoms with Crippen LogP contribution in [0.4, 0.5) is 0 Å². The number of pyridine rings is 1. The van der Waals surface area contributed by atoms with Crippen LogP contribution in [0.15, 0.2) is 82.7 Å². The van der Waals surface area contributed by atoms with Crippen molar-refractivity contribution in [1.82, 2.24) is 4.98 Å². The smallest absolute Gasteiger partial charge is 0.258 e. The minimum Gasteiger partial charge on any atom is -0.387 e. The summed E-state index contributed by atoms with van der Waals surface area (Å²) in [5.74, 6) is 0. The van der Waals surface area contributed by atoms with Crippen molar-refractivity contribution < 1.29 is 4.84 Å². The monoisotopic (exact) mass is 434 g/mol. The molecular formula is C24H16Cl2N2O2. The molecule has 0 unspecified atom stereocenters. The summed E-state index contributed by atoms with van der Waals surface area (Å²) in [6, 6.07) is 22.7. The van der Waals surface area contributed by atoms with Gasteiger partial charge in [-0.2, -0.15) is 0 Å². The summed E-state index contributed by atoms with van der Waals surface area (Å²) >= 11 is 12.6. The number of aromatic amines is 1. The number of aromatic nitrogens is 1. The molecule has 3 aromatic carbocycles. The third kappa shape index (κ3) is 3.28. The van der Waals surface area contributed by atoms with E-state index >= 15 is 0 Å². The highest BCUT2D eigenvalue weighted by molar-refractivity contribution is 6.32. The van der Waals surface area contributed by atoms with Gasteiger partial charge in [0.2, 0.25) is 0 Å². The number of oxime groups is 1. The largest absolute Gasteiger partial charge is 0.387 e. The predicted octanol–water partition coefficient (Wildman–Crippen LogP) is 6.37. The van der Waals surface area contributed by atoms with Crippen molar-refractivity contribution in [3.63, 3.8) is 0 Å².